The molecule has 0 saturated carbocycles. The van der Waals surface area contributed by atoms with Gasteiger partial charge in [-0.2, -0.15) is 0 Å². The predicted octanol–water partition coefficient (Wildman–Crippen LogP) is 12.4. The zero-order valence-electron chi connectivity index (χ0n) is 27.5. The highest BCUT2D eigenvalue weighted by atomic mass is 16.3. The molecule has 9 aromatic rings. The van der Waals surface area contributed by atoms with Gasteiger partial charge in [-0.15, -0.1) is 0 Å². The van der Waals surface area contributed by atoms with Crippen LogP contribution in [0.2, 0.25) is 0 Å². The molecule has 0 fully saturated rings. The summed E-state index contributed by atoms with van der Waals surface area (Å²) in [5, 5.41) is 8.97. The molecule has 0 radical (unpaired) electrons. The Morgan fingerprint density at radius 3 is 2.12 bits per heavy atom. The van der Waals surface area contributed by atoms with E-state index in [9.17, 15) is 0 Å². The second-order valence-electron chi connectivity index (χ2n) is 12.4. The van der Waals surface area contributed by atoms with E-state index in [0.29, 0.717) is 17.5 Å². The van der Waals surface area contributed by atoms with Crippen LogP contribution in [-0.4, -0.2) is 15.0 Å². The molecular formula is C46H31N3O. The normalized spacial score (nSPS) is 12.2. The molecule has 2 heterocycles. The maximum absolute atomic E-state index is 6.41. The van der Waals surface area contributed by atoms with Gasteiger partial charge >= 0.3 is 0 Å². The lowest BCUT2D eigenvalue weighted by atomic mass is 9.93. The minimum atomic E-state index is 0.580. The highest BCUT2D eigenvalue weighted by Crippen LogP contribution is 2.40. The van der Waals surface area contributed by atoms with E-state index in [1.165, 1.54) is 16.2 Å². The van der Waals surface area contributed by atoms with E-state index in [2.05, 4.69) is 122 Å². The number of fused-ring (bicyclic) bond motifs is 8. The Labute approximate surface area is 289 Å². The molecular weight excluding hydrogens is 611 g/mol. The summed E-state index contributed by atoms with van der Waals surface area (Å²) in [6.45, 7) is 5.89. The van der Waals surface area contributed by atoms with Gasteiger partial charge in [-0.1, -0.05) is 140 Å². The Morgan fingerprint density at radius 2 is 1.30 bits per heavy atom. The number of benzene rings is 7. The average molecular weight is 642 g/mol. The molecule has 0 aliphatic carbocycles. The summed E-state index contributed by atoms with van der Waals surface area (Å²) >= 11 is 0. The molecule has 9 rings (SSSR count). The van der Waals surface area contributed by atoms with Gasteiger partial charge in [0, 0.05) is 27.5 Å². The lowest BCUT2D eigenvalue weighted by Gasteiger charge is -2.14. The van der Waals surface area contributed by atoms with E-state index in [1.54, 1.807) is 6.08 Å². The van der Waals surface area contributed by atoms with Crippen LogP contribution in [-0.2, 0) is 0 Å². The number of hydrogen-bond donors (Lipinski definition) is 0. The quantitative estimate of drug-likeness (QED) is 0.134. The fourth-order valence-corrected chi connectivity index (χ4v) is 7.09. The Hall–Kier alpha value is -6.65. The molecule has 0 aliphatic rings. The Morgan fingerprint density at radius 1 is 0.560 bits per heavy atom. The molecule has 0 bridgehead atoms. The van der Waals surface area contributed by atoms with E-state index in [0.717, 1.165) is 65.9 Å². The van der Waals surface area contributed by atoms with Crippen LogP contribution in [0.25, 0.3) is 93.7 Å². The van der Waals surface area contributed by atoms with Gasteiger partial charge in [0.1, 0.15) is 11.2 Å². The molecule has 0 atom stereocenters. The van der Waals surface area contributed by atoms with Crippen LogP contribution in [0.5, 0.6) is 0 Å². The van der Waals surface area contributed by atoms with Crippen molar-refractivity contribution < 1.29 is 4.42 Å². The maximum atomic E-state index is 6.41. The fraction of sp³-hybridized carbons (Fsp3) is 0.0217. The fourth-order valence-electron chi connectivity index (χ4n) is 7.09. The van der Waals surface area contributed by atoms with E-state index in [-0.39, 0.29) is 0 Å². The first kappa shape index (κ1) is 29.5. The predicted molar refractivity (Wildman–Crippen MR) is 209 cm³/mol. The third-order valence-corrected chi connectivity index (χ3v) is 9.47. The van der Waals surface area contributed by atoms with Crippen molar-refractivity contribution in [3.8, 4) is 33.9 Å². The summed E-state index contributed by atoms with van der Waals surface area (Å²) in [6.07, 6.45) is 7.68. The minimum Gasteiger partial charge on any atom is -0.456 e. The van der Waals surface area contributed by atoms with Crippen LogP contribution < -0.4 is 0 Å². The number of allylic oxidation sites excluding steroid dienone is 5. The van der Waals surface area contributed by atoms with Gasteiger partial charge in [-0.25, -0.2) is 15.0 Å². The summed E-state index contributed by atoms with van der Waals surface area (Å²) in [5.41, 5.74) is 6.58. The standard InChI is InChI=1S/C46H31N3O/c1-3-5-14-29(4-2)44-47-45(37-21-13-22-42-43(37)40-27-32(24-26-41(40)50-42)30-15-7-6-8-16-30)49-46(48-44)39-28-38-33-18-10-9-17-31(33)23-25-36(38)34-19-11-12-20-35(34)39/h3-28H,1H2,2H3/b14-5-,29-4+. The number of aromatic nitrogens is 3. The highest BCUT2D eigenvalue weighted by Gasteiger charge is 2.20. The molecule has 50 heavy (non-hydrogen) atoms. The number of rotatable bonds is 6. The van der Waals surface area contributed by atoms with Gasteiger partial charge in [0.25, 0.3) is 0 Å². The van der Waals surface area contributed by atoms with Gasteiger partial charge in [-0.05, 0) is 74.6 Å². The van der Waals surface area contributed by atoms with Crippen LogP contribution in [0.1, 0.15) is 12.7 Å². The average Bonchev–Trinajstić information content (AvgIpc) is 3.56. The summed E-state index contributed by atoms with van der Waals surface area (Å²) in [7, 11) is 0. The van der Waals surface area contributed by atoms with Crippen molar-refractivity contribution in [1.29, 1.82) is 0 Å². The molecule has 236 valence electrons. The molecule has 4 nitrogen and oxygen atoms in total. The van der Waals surface area contributed by atoms with Gasteiger partial charge in [0.2, 0.25) is 0 Å². The molecule has 0 spiro atoms. The first-order valence-corrected chi connectivity index (χ1v) is 16.8. The molecule has 0 amide bonds. The van der Waals surface area contributed by atoms with Crippen molar-refractivity contribution >= 4 is 59.8 Å². The van der Waals surface area contributed by atoms with Gasteiger partial charge in [0.15, 0.2) is 17.5 Å². The summed E-state index contributed by atoms with van der Waals surface area (Å²) in [5.74, 6) is 1.77. The number of furan rings is 1. The van der Waals surface area contributed by atoms with Crippen LogP contribution in [0, 0.1) is 0 Å². The molecule has 7 aromatic carbocycles. The zero-order valence-corrected chi connectivity index (χ0v) is 27.5. The summed E-state index contributed by atoms with van der Waals surface area (Å²) in [4.78, 5) is 15.6. The van der Waals surface area contributed by atoms with Gasteiger partial charge in [-0.3, -0.25) is 0 Å². The Bertz CT molecular complexity index is 2840. The lowest BCUT2D eigenvalue weighted by molar-refractivity contribution is 0.669. The third kappa shape index (κ3) is 4.89. The van der Waals surface area contributed by atoms with Crippen LogP contribution in [0.15, 0.2) is 169 Å². The molecule has 0 unspecified atom stereocenters. The molecule has 2 aromatic heterocycles. The first-order valence-electron chi connectivity index (χ1n) is 16.8. The molecule has 0 aliphatic heterocycles. The highest BCUT2D eigenvalue weighted by molar-refractivity contribution is 6.20. The Balaban J connectivity index is 1.35. The zero-order chi connectivity index (χ0) is 33.6. The summed E-state index contributed by atoms with van der Waals surface area (Å²) < 4.78 is 6.41. The maximum Gasteiger partial charge on any atom is 0.164 e. The van der Waals surface area contributed by atoms with E-state index >= 15 is 0 Å². The lowest BCUT2D eigenvalue weighted by Crippen LogP contribution is -2.03. The summed E-state index contributed by atoms with van der Waals surface area (Å²) in [6, 6.07) is 46.6. The van der Waals surface area contributed by atoms with Crippen molar-refractivity contribution in [3.63, 3.8) is 0 Å². The number of hydrogen-bond acceptors (Lipinski definition) is 4. The first-order chi connectivity index (χ1) is 24.7. The van der Waals surface area contributed by atoms with Crippen molar-refractivity contribution in [1.82, 2.24) is 15.0 Å². The topological polar surface area (TPSA) is 51.8 Å². The van der Waals surface area contributed by atoms with Crippen LogP contribution in [0.3, 0.4) is 0 Å². The van der Waals surface area contributed by atoms with Crippen molar-refractivity contribution in [2.75, 3.05) is 0 Å². The van der Waals surface area contributed by atoms with Gasteiger partial charge in [0.05, 0.1) is 0 Å². The molecule has 4 heteroatoms. The van der Waals surface area contributed by atoms with Crippen LogP contribution >= 0.6 is 0 Å². The SMILES string of the molecule is C=C/C=C\C(=C/C)c1nc(-c2cc3c4ccccc4ccc3c3ccccc23)nc(-c2cccc3oc4ccc(-c5ccccc5)cc4c23)n1. The smallest absolute Gasteiger partial charge is 0.164 e. The second kappa shape index (κ2) is 12.1. The van der Waals surface area contributed by atoms with E-state index in [1.807, 2.05) is 43.4 Å². The third-order valence-electron chi connectivity index (χ3n) is 9.47. The largest absolute Gasteiger partial charge is 0.456 e. The van der Waals surface area contributed by atoms with Crippen LogP contribution in [0.4, 0.5) is 0 Å². The van der Waals surface area contributed by atoms with E-state index in [4.69, 9.17) is 19.4 Å². The van der Waals surface area contributed by atoms with Crippen molar-refractivity contribution in [3.05, 3.63) is 170 Å². The molecule has 0 saturated heterocycles. The second-order valence-corrected chi connectivity index (χ2v) is 12.4. The minimum absolute atomic E-state index is 0.580. The number of nitrogens with zero attached hydrogens (tertiary/aromatic N) is 3. The van der Waals surface area contributed by atoms with E-state index < -0.39 is 0 Å². The monoisotopic (exact) mass is 641 g/mol. The Kier molecular flexibility index (Phi) is 7.14. The molecule has 0 N–H and O–H groups in total. The van der Waals surface area contributed by atoms with Gasteiger partial charge < -0.3 is 4.42 Å². The van der Waals surface area contributed by atoms with Crippen molar-refractivity contribution in [2.45, 2.75) is 6.92 Å². The van der Waals surface area contributed by atoms with Crippen molar-refractivity contribution in [2.24, 2.45) is 0 Å².